The summed E-state index contributed by atoms with van der Waals surface area (Å²) in [7, 11) is 1.84. The second-order valence-corrected chi connectivity index (χ2v) is 8.44. The highest BCUT2D eigenvalue weighted by molar-refractivity contribution is 5.95. The van der Waals surface area contributed by atoms with Crippen molar-refractivity contribution in [2.24, 2.45) is 7.05 Å². The van der Waals surface area contributed by atoms with E-state index in [1.807, 2.05) is 37.1 Å². The zero-order valence-corrected chi connectivity index (χ0v) is 17.8. The number of aliphatic hydroxyl groups excluding tert-OH is 1. The molecule has 2 atom stereocenters. The zero-order valence-electron chi connectivity index (χ0n) is 17.8. The number of aryl methyl sites for hydroxylation is 1. The lowest BCUT2D eigenvalue weighted by molar-refractivity contribution is 0.0703. The van der Waals surface area contributed by atoms with Crippen molar-refractivity contribution in [3.8, 4) is 0 Å². The van der Waals surface area contributed by atoms with Crippen molar-refractivity contribution in [3.05, 3.63) is 65.0 Å². The number of fused-ring (bicyclic) bond motifs is 1. The summed E-state index contributed by atoms with van der Waals surface area (Å²) in [6.07, 6.45) is 1.89. The Balaban J connectivity index is 1.35. The van der Waals surface area contributed by atoms with Crippen molar-refractivity contribution in [1.82, 2.24) is 34.3 Å². The molecule has 0 radical (unpaired) electrons. The molecular formula is C22H27N7O2. The average Bonchev–Trinajstić information content (AvgIpc) is 3.45. The van der Waals surface area contributed by atoms with Crippen LogP contribution in [0.4, 0.5) is 0 Å². The van der Waals surface area contributed by atoms with E-state index in [-0.39, 0.29) is 18.1 Å². The molecule has 4 heterocycles. The summed E-state index contributed by atoms with van der Waals surface area (Å²) < 4.78 is 3.84. The third-order valence-corrected chi connectivity index (χ3v) is 6.44. The fourth-order valence-corrected chi connectivity index (χ4v) is 4.62. The van der Waals surface area contributed by atoms with Crippen LogP contribution in [0.1, 0.15) is 45.7 Å². The Morgan fingerprint density at radius 1 is 1.19 bits per heavy atom. The quantitative estimate of drug-likeness (QED) is 0.682. The molecule has 5 rings (SSSR count). The van der Waals surface area contributed by atoms with Crippen LogP contribution >= 0.6 is 0 Å². The molecule has 162 valence electrons. The third-order valence-electron chi connectivity index (χ3n) is 6.44. The number of aliphatic hydroxyl groups is 1. The lowest BCUT2D eigenvalue weighted by Crippen LogP contribution is -2.39. The van der Waals surface area contributed by atoms with Crippen LogP contribution in [0.3, 0.4) is 0 Å². The first-order valence-electron chi connectivity index (χ1n) is 10.7. The van der Waals surface area contributed by atoms with Gasteiger partial charge in [-0.15, -0.1) is 10.2 Å². The smallest absolute Gasteiger partial charge is 0.257 e. The number of aromatic nitrogens is 5. The van der Waals surface area contributed by atoms with Gasteiger partial charge in [0.1, 0.15) is 0 Å². The number of carbonyl (C=O) groups excluding carboxylic acids is 1. The SMILES string of the molecule is Cc1c(C(=O)N2CCn3c(nnc3[C@@H]3C[C@H](O)CN3Cc3ccccc3)C2)cnn1C. The van der Waals surface area contributed by atoms with E-state index in [2.05, 4.69) is 36.9 Å². The highest BCUT2D eigenvalue weighted by Crippen LogP contribution is 2.33. The van der Waals surface area contributed by atoms with Crippen LogP contribution in [0.25, 0.3) is 0 Å². The number of hydrogen-bond donors (Lipinski definition) is 1. The molecular weight excluding hydrogens is 394 g/mol. The van der Waals surface area contributed by atoms with Crippen molar-refractivity contribution in [3.63, 3.8) is 0 Å². The van der Waals surface area contributed by atoms with Crippen LogP contribution < -0.4 is 0 Å². The molecule has 0 bridgehead atoms. The van der Waals surface area contributed by atoms with E-state index < -0.39 is 0 Å². The van der Waals surface area contributed by atoms with Gasteiger partial charge in [0.25, 0.3) is 5.91 Å². The first-order chi connectivity index (χ1) is 15.0. The van der Waals surface area contributed by atoms with Crippen LogP contribution in [-0.2, 0) is 26.7 Å². The molecule has 9 heteroatoms. The number of β-amino-alcohol motifs (C(OH)–C–C–N with tert-alkyl or cyclic N) is 1. The molecule has 0 unspecified atom stereocenters. The van der Waals surface area contributed by atoms with Crippen LogP contribution in [-0.4, -0.2) is 64.6 Å². The normalized spacial score (nSPS) is 21.5. The minimum absolute atomic E-state index is 0.0132. The Kier molecular flexibility index (Phi) is 5.07. The Labute approximate surface area is 180 Å². The molecule has 2 aliphatic heterocycles. The number of carbonyl (C=O) groups is 1. The van der Waals surface area contributed by atoms with Crippen molar-refractivity contribution in [1.29, 1.82) is 0 Å². The Hall–Kier alpha value is -3.04. The number of hydrogen-bond acceptors (Lipinski definition) is 6. The van der Waals surface area contributed by atoms with Crippen molar-refractivity contribution >= 4 is 5.91 Å². The maximum atomic E-state index is 13.0. The summed E-state index contributed by atoms with van der Waals surface area (Å²) >= 11 is 0. The van der Waals surface area contributed by atoms with E-state index in [1.54, 1.807) is 10.9 Å². The Bertz CT molecular complexity index is 1090. The van der Waals surface area contributed by atoms with Crippen molar-refractivity contribution < 1.29 is 9.90 Å². The number of nitrogens with zero attached hydrogens (tertiary/aromatic N) is 7. The van der Waals surface area contributed by atoms with Gasteiger partial charge >= 0.3 is 0 Å². The lowest BCUT2D eigenvalue weighted by atomic mass is 10.1. The molecule has 9 nitrogen and oxygen atoms in total. The summed E-state index contributed by atoms with van der Waals surface area (Å²) in [6.45, 7) is 4.95. The minimum Gasteiger partial charge on any atom is -0.392 e. The molecule has 1 saturated heterocycles. The first-order valence-corrected chi connectivity index (χ1v) is 10.7. The van der Waals surface area contributed by atoms with Crippen LogP contribution in [0.5, 0.6) is 0 Å². The van der Waals surface area contributed by atoms with Gasteiger partial charge in [0.05, 0.1) is 30.5 Å². The standard InChI is InChI=1S/C22H27N7O2/c1-15-18(11-23-26(15)2)22(31)27-8-9-29-20(14-27)24-25-21(29)19-10-17(30)13-28(19)12-16-6-4-3-5-7-16/h3-7,11,17,19,30H,8-10,12-14H2,1-2H3/t17-,19-/m0/s1. The fourth-order valence-electron chi connectivity index (χ4n) is 4.62. The van der Waals surface area contributed by atoms with Gasteiger partial charge in [-0.05, 0) is 18.9 Å². The number of rotatable bonds is 4. The predicted molar refractivity (Wildman–Crippen MR) is 113 cm³/mol. The van der Waals surface area contributed by atoms with Gasteiger partial charge in [0.2, 0.25) is 0 Å². The Morgan fingerprint density at radius 3 is 2.74 bits per heavy atom. The highest BCUT2D eigenvalue weighted by atomic mass is 16.3. The molecule has 0 saturated carbocycles. The molecule has 0 spiro atoms. The van der Waals surface area contributed by atoms with Gasteiger partial charge in [-0.25, -0.2) is 0 Å². The van der Waals surface area contributed by atoms with Crippen molar-refractivity contribution in [2.45, 2.75) is 45.1 Å². The largest absolute Gasteiger partial charge is 0.392 e. The highest BCUT2D eigenvalue weighted by Gasteiger charge is 2.37. The molecule has 1 N–H and O–H groups in total. The number of likely N-dealkylation sites (tertiary alicyclic amines) is 1. The monoisotopic (exact) mass is 421 g/mol. The van der Waals surface area contributed by atoms with Crippen LogP contribution in [0, 0.1) is 6.92 Å². The predicted octanol–water partition coefficient (Wildman–Crippen LogP) is 1.28. The van der Waals surface area contributed by atoms with E-state index >= 15 is 0 Å². The second kappa shape index (κ2) is 7.90. The minimum atomic E-state index is -0.378. The summed E-state index contributed by atoms with van der Waals surface area (Å²) in [5.74, 6) is 1.65. The molecule has 1 aromatic carbocycles. The summed E-state index contributed by atoms with van der Waals surface area (Å²) in [5.41, 5.74) is 2.70. The molecule has 2 aromatic heterocycles. The first kappa shape index (κ1) is 19.9. The van der Waals surface area contributed by atoms with E-state index in [0.29, 0.717) is 38.2 Å². The fraction of sp³-hybridized carbons (Fsp3) is 0.455. The molecule has 3 aromatic rings. The second-order valence-electron chi connectivity index (χ2n) is 8.44. The zero-order chi connectivity index (χ0) is 21.5. The Morgan fingerprint density at radius 2 is 2.00 bits per heavy atom. The van der Waals surface area contributed by atoms with Crippen molar-refractivity contribution in [2.75, 3.05) is 13.1 Å². The summed E-state index contributed by atoms with van der Waals surface area (Å²) in [4.78, 5) is 17.1. The maximum absolute atomic E-state index is 13.0. The topological polar surface area (TPSA) is 92.3 Å². The molecule has 2 aliphatic rings. The van der Waals surface area contributed by atoms with Gasteiger partial charge < -0.3 is 14.6 Å². The van der Waals surface area contributed by atoms with E-state index in [1.165, 1.54) is 5.56 Å². The van der Waals surface area contributed by atoms with Gasteiger partial charge in [0.15, 0.2) is 11.6 Å². The van der Waals surface area contributed by atoms with Gasteiger partial charge in [-0.1, -0.05) is 30.3 Å². The van der Waals surface area contributed by atoms with E-state index in [9.17, 15) is 9.90 Å². The summed E-state index contributed by atoms with van der Waals surface area (Å²) in [5, 5.41) is 23.5. The molecule has 1 fully saturated rings. The average molecular weight is 422 g/mol. The summed E-state index contributed by atoms with van der Waals surface area (Å²) in [6, 6.07) is 10.3. The third kappa shape index (κ3) is 3.64. The van der Waals surface area contributed by atoms with Gasteiger partial charge in [0, 0.05) is 38.9 Å². The van der Waals surface area contributed by atoms with E-state index in [0.717, 1.165) is 23.9 Å². The van der Waals surface area contributed by atoms with Gasteiger partial charge in [-0.2, -0.15) is 5.10 Å². The van der Waals surface area contributed by atoms with Gasteiger partial charge in [-0.3, -0.25) is 14.4 Å². The number of benzene rings is 1. The molecule has 1 amide bonds. The van der Waals surface area contributed by atoms with Crippen LogP contribution in [0.15, 0.2) is 36.5 Å². The molecule has 31 heavy (non-hydrogen) atoms. The maximum Gasteiger partial charge on any atom is 0.257 e. The lowest BCUT2D eigenvalue weighted by Gasteiger charge is -2.30. The van der Waals surface area contributed by atoms with E-state index in [4.69, 9.17) is 0 Å². The number of amides is 1. The molecule has 0 aliphatic carbocycles. The van der Waals surface area contributed by atoms with Crippen LogP contribution in [0.2, 0.25) is 0 Å².